The second kappa shape index (κ2) is 8.32. The van der Waals surface area contributed by atoms with Crippen molar-refractivity contribution in [2.24, 2.45) is 11.3 Å². The minimum atomic E-state index is -5.08. The number of nitrogens with one attached hydrogen (secondary N) is 3. The van der Waals surface area contributed by atoms with E-state index in [1.54, 1.807) is 6.07 Å². The van der Waals surface area contributed by atoms with Crippen molar-refractivity contribution < 1.29 is 32.3 Å². The molecular weight excluding hydrogens is 424 g/mol. The van der Waals surface area contributed by atoms with Crippen LogP contribution in [0.15, 0.2) is 30.4 Å². The second-order valence-corrected chi connectivity index (χ2v) is 7.59. The molecule has 1 aromatic carbocycles. The SMILES string of the molecule is C=C1CC2(C1)CC(C(=O)NNc1cc(F)cc(-c3nn[nH]n3)c1)C2.O=C(O)C(F)(F)F. The molecule has 2 aliphatic rings. The molecule has 4 N–H and O–H groups in total. The second-order valence-electron chi connectivity index (χ2n) is 7.59. The van der Waals surface area contributed by atoms with E-state index in [9.17, 15) is 22.4 Å². The number of carbonyl (C=O) groups excluding carboxylic acids is 1. The molecule has 0 radical (unpaired) electrons. The van der Waals surface area contributed by atoms with Gasteiger partial charge in [-0.3, -0.25) is 15.6 Å². The zero-order valence-corrected chi connectivity index (χ0v) is 16.0. The lowest BCUT2D eigenvalue weighted by Gasteiger charge is -2.54. The summed E-state index contributed by atoms with van der Waals surface area (Å²) in [4.78, 5) is 21.1. The van der Waals surface area contributed by atoms with Gasteiger partial charge in [-0.2, -0.15) is 18.4 Å². The number of amides is 1. The molecule has 31 heavy (non-hydrogen) atoms. The molecule has 0 saturated heterocycles. The number of H-pyrrole nitrogens is 1. The molecule has 0 atom stereocenters. The fourth-order valence-corrected chi connectivity index (χ4v) is 3.78. The van der Waals surface area contributed by atoms with E-state index in [1.807, 2.05) is 0 Å². The lowest BCUT2D eigenvalue weighted by atomic mass is 9.50. The Bertz CT molecular complexity index is 977. The first-order chi connectivity index (χ1) is 14.5. The average Bonchev–Trinajstić information content (AvgIpc) is 3.15. The van der Waals surface area contributed by atoms with Gasteiger partial charge in [0, 0.05) is 11.5 Å². The molecule has 2 saturated carbocycles. The zero-order valence-electron chi connectivity index (χ0n) is 16.0. The van der Waals surface area contributed by atoms with Gasteiger partial charge in [0.05, 0.1) is 5.69 Å². The molecule has 2 aromatic rings. The molecule has 0 bridgehead atoms. The summed E-state index contributed by atoms with van der Waals surface area (Å²) in [6, 6.07) is 4.24. The van der Waals surface area contributed by atoms with Gasteiger partial charge in [0.2, 0.25) is 11.7 Å². The van der Waals surface area contributed by atoms with Gasteiger partial charge in [-0.25, -0.2) is 9.18 Å². The molecule has 2 fully saturated rings. The highest BCUT2D eigenvalue weighted by Gasteiger charge is 2.52. The fraction of sp³-hybridized carbons (Fsp3) is 0.389. The Hall–Kier alpha value is -3.51. The molecule has 0 unspecified atom stereocenters. The lowest BCUT2D eigenvalue weighted by Crippen LogP contribution is -2.50. The van der Waals surface area contributed by atoms with Crippen LogP contribution in [-0.4, -0.2) is 43.8 Å². The number of hydrazine groups is 1. The zero-order chi connectivity index (χ0) is 22.8. The molecule has 166 valence electrons. The average molecular weight is 442 g/mol. The van der Waals surface area contributed by atoms with Crippen molar-refractivity contribution in [1.82, 2.24) is 26.0 Å². The number of hydrogen-bond acceptors (Lipinski definition) is 6. The summed E-state index contributed by atoms with van der Waals surface area (Å²) in [7, 11) is 0. The van der Waals surface area contributed by atoms with Gasteiger partial charge in [0.25, 0.3) is 0 Å². The predicted octanol–water partition coefficient (Wildman–Crippen LogP) is 2.83. The van der Waals surface area contributed by atoms with E-state index in [2.05, 4.69) is 38.1 Å². The number of carbonyl (C=O) groups is 2. The minimum absolute atomic E-state index is 0.0100. The number of anilines is 1. The van der Waals surface area contributed by atoms with Crippen molar-refractivity contribution in [1.29, 1.82) is 0 Å². The van der Waals surface area contributed by atoms with Crippen molar-refractivity contribution in [3.8, 4) is 11.4 Å². The maximum atomic E-state index is 13.7. The van der Waals surface area contributed by atoms with Gasteiger partial charge in [-0.05, 0) is 54.5 Å². The molecule has 1 spiro atoms. The number of benzene rings is 1. The molecule has 1 amide bonds. The number of carboxylic acids is 1. The van der Waals surface area contributed by atoms with Crippen molar-refractivity contribution in [3.63, 3.8) is 0 Å². The molecule has 9 nitrogen and oxygen atoms in total. The number of aromatic nitrogens is 4. The largest absolute Gasteiger partial charge is 0.490 e. The number of aliphatic carboxylic acids is 1. The van der Waals surface area contributed by atoms with E-state index in [1.165, 1.54) is 17.7 Å². The molecule has 1 heterocycles. The third-order valence-corrected chi connectivity index (χ3v) is 5.05. The summed E-state index contributed by atoms with van der Waals surface area (Å²) < 4.78 is 45.5. The summed E-state index contributed by atoms with van der Waals surface area (Å²) in [6.45, 7) is 3.96. The molecule has 1 aromatic heterocycles. The van der Waals surface area contributed by atoms with Crippen LogP contribution >= 0.6 is 0 Å². The van der Waals surface area contributed by atoms with Gasteiger partial charge >= 0.3 is 12.1 Å². The number of hydrogen-bond donors (Lipinski definition) is 4. The van der Waals surface area contributed by atoms with Gasteiger partial charge in [0.15, 0.2) is 0 Å². The predicted molar refractivity (Wildman–Crippen MR) is 98.6 cm³/mol. The van der Waals surface area contributed by atoms with Crippen LogP contribution < -0.4 is 10.9 Å². The number of tetrazole rings is 1. The number of nitrogens with zero attached hydrogens (tertiary/aromatic N) is 3. The molecular formula is C18H18F4N6O3. The first kappa shape index (κ1) is 22.2. The van der Waals surface area contributed by atoms with E-state index in [0.29, 0.717) is 16.7 Å². The maximum absolute atomic E-state index is 13.7. The Kier molecular flexibility index (Phi) is 5.95. The highest BCUT2D eigenvalue weighted by molar-refractivity contribution is 5.81. The van der Waals surface area contributed by atoms with E-state index >= 15 is 0 Å². The van der Waals surface area contributed by atoms with Crippen molar-refractivity contribution in [3.05, 3.63) is 36.2 Å². The normalized spacial score (nSPS) is 17.1. The minimum Gasteiger partial charge on any atom is -0.475 e. The highest BCUT2D eigenvalue weighted by Crippen LogP contribution is 2.60. The topological polar surface area (TPSA) is 133 Å². The summed E-state index contributed by atoms with van der Waals surface area (Å²) >= 11 is 0. The molecule has 2 aliphatic carbocycles. The Morgan fingerprint density at radius 2 is 1.87 bits per heavy atom. The van der Waals surface area contributed by atoms with E-state index in [4.69, 9.17) is 9.90 Å². The maximum Gasteiger partial charge on any atom is 0.490 e. The number of halogens is 4. The highest BCUT2D eigenvalue weighted by atomic mass is 19.4. The molecule has 13 heteroatoms. The van der Waals surface area contributed by atoms with Crippen LogP contribution in [0.25, 0.3) is 11.4 Å². The summed E-state index contributed by atoms with van der Waals surface area (Å²) in [5, 5.41) is 20.5. The lowest BCUT2D eigenvalue weighted by molar-refractivity contribution is -0.192. The van der Waals surface area contributed by atoms with Crippen molar-refractivity contribution in [2.75, 3.05) is 5.43 Å². The van der Waals surface area contributed by atoms with Crippen LogP contribution in [0.3, 0.4) is 0 Å². The van der Waals surface area contributed by atoms with Crippen LogP contribution in [-0.2, 0) is 9.59 Å². The number of alkyl halides is 3. The Labute approximate surface area is 172 Å². The number of rotatable bonds is 4. The van der Waals surface area contributed by atoms with Crippen molar-refractivity contribution >= 4 is 17.6 Å². The van der Waals surface area contributed by atoms with Gasteiger partial charge in [-0.1, -0.05) is 12.2 Å². The first-order valence-electron chi connectivity index (χ1n) is 9.04. The van der Waals surface area contributed by atoms with Gasteiger partial charge in [-0.15, -0.1) is 10.2 Å². The number of carboxylic acid groups (broad SMARTS) is 1. The molecule has 0 aliphatic heterocycles. The molecule has 4 rings (SSSR count). The standard InChI is InChI=1S/C16H17FN6O.C2HF3O2/c1-9-5-16(6-9)7-11(8-16)15(24)21-18-13-3-10(2-12(17)4-13)14-19-22-23-20-14;3-2(4,5)1(6)7/h2-4,11,18H,1,5-8H2,(H,21,24)(H,19,20,22,23);(H,6,7). The Morgan fingerprint density at radius 3 is 2.39 bits per heavy atom. The van der Waals surface area contributed by atoms with Crippen LogP contribution in [0.2, 0.25) is 0 Å². The van der Waals surface area contributed by atoms with Crippen LogP contribution in [0.4, 0.5) is 23.2 Å². The van der Waals surface area contributed by atoms with E-state index < -0.39 is 18.0 Å². The van der Waals surface area contributed by atoms with E-state index in [0.717, 1.165) is 25.7 Å². The van der Waals surface area contributed by atoms with Crippen LogP contribution in [0.5, 0.6) is 0 Å². The van der Waals surface area contributed by atoms with Crippen LogP contribution in [0, 0.1) is 17.2 Å². The third-order valence-electron chi connectivity index (χ3n) is 5.05. The monoisotopic (exact) mass is 442 g/mol. The summed E-state index contributed by atoms with van der Waals surface area (Å²) in [5.74, 6) is -2.98. The van der Waals surface area contributed by atoms with Crippen LogP contribution in [0.1, 0.15) is 25.7 Å². The van der Waals surface area contributed by atoms with Gasteiger partial charge < -0.3 is 5.11 Å². The number of aromatic amines is 1. The Balaban J connectivity index is 0.000000339. The fourth-order valence-electron chi connectivity index (χ4n) is 3.78. The Morgan fingerprint density at radius 1 is 1.23 bits per heavy atom. The number of allylic oxidation sites excluding steroid dienone is 1. The van der Waals surface area contributed by atoms with Gasteiger partial charge in [0.1, 0.15) is 5.82 Å². The summed E-state index contributed by atoms with van der Waals surface area (Å²) in [5.41, 5.74) is 7.92. The van der Waals surface area contributed by atoms with Crippen molar-refractivity contribution in [2.45, 2.75) is 31.9 Å². The third kappa shape index (κ3) is 5.35. The quantitative estimate of drug-likeness (QED) is 0.325. The first-order valence-corrected chi connectivity index (χ1v) is 9.04. The van der Waals surface area contributed by atoms with E-state index in [-0.39, 0.29) is 17.6 Å². The smallest absolute Gasteiger partial charge is 0.475 e. The summed E-state index contributed by atoms with van der Waals surface area (Å²) in [6.07, 6.45) is -1.20.